The van der Waals surface area contributed by atoms with Crippen molar-refractivity contribution in [1.29, 1.82) is 0 Å². The summed E-state index contributed by atoms with van der Waals surface area (Å²) in [5.74, 6) is 0.564. The van der Waals surface area contributed by atoms with Gasteiger partial charge < -0.3 is 4.90 Å². The molecule has 0 saturated carbocycles. The van der Waals surface area contributed by atoms with E-state index in [4.69, 9.17) is 0 Å². The van der Waals surface area contributed by atoms with Crippen LogP contribution in [0, 0.1) is 5.92 Å². The number of hydrogen-bond acceptors (Lipinski definition) is 1. The van der Waals surface area contributed by atoms with Gasteiger partial charge in [-0.3, -0.25) is 0 Å². The van der Waals surface area contributed by atoms with Crippen molar-refractivity contribution in [2.45, 2.75) is 6.92 Å². The molecule has 0 fully saturated rings. The molecular weight excluding hydrogens is 146 g/mol. The maximum Gasteiger partial charge on any atom is 0.00803 e. The zero-order valence-corrected chi connectivity index (χ0v) is 8.12. The van der Waals surface area contributed by atoms with Gasteiger partial charge in [0.2, 0.25) is 0 Å². The molecule has 1 heteroatoms. The molecule has 0 spiro atoms. The van der Waals surface area contributed by atoms with Crippen LogP contribution in [-0.2, 0) is 0 Å². The molecule has 1 unspecified atom stereocenters. The molecule has 1 aliphatic carbocycles. The van der Waals surface area contributed by atoms with Gasteiger partial charge >= 0.3 is 0 Å². The quantitative estimate of drug-likeness (QED) is 0.603. The SMILES string of the molecule is CC1=CC=CC(CN(C)C)C=C1. The summed E-state index contributed by atoms with van der Waals surface area (Å²) < 4.78 is 0. The molecule has 1 rings (SSSR count). The fraction of sp³-hybridized carbons (Fsp3) is 0.455. The van der Waals surface area contributed by atoms with Gasteiger partial charge in [0.1, 0.15) is 0 Å². The van der Waals surface area contributed by atoms with Crippen molar-refractivity contribution in [1.82, 2.24) is 4.90 Å². The first-order chi connectivity index (χ1) is 5.68. The average Bonchev–Trinajstić information content (AvgIpc) is 2.15. The van der Waals surface area contributed by atoms with Gasteiger partial charge in [-0.1, -0.05) is 36.0 Å². The van der Waals surface area contributed by atoms with E-state index in [-0.39, 0.29) is 0 Å². The second-order valence-corrected chi connectivity index (χ2v) is 3.58. The minimum Gasteiger partial charge on any atom is -0.309 e. The highest BCUT2D eigenvalue weighted by Gasteiger charge is 2.02. The summed E-state index contributed by atoms with van der Waals surface area (Å²) in [7, 11) is 4.21. The van der Waals surface area contributed by atoms with Crippen LogP contribution < -0.4 is 0 Å². The summed E-state index contributed by atoms with van der Waals surface area (Å²) in [4.78, 5) is 2.21. The van der Waals surface area contributed by atoms with Crippen LogP contribution in [-0.4, -0.2) is 25.5 Å². The van der Waals surface area contributed by atoms with Crippen molar-refractivity contribution in [3.8, 4) is 0 Å². The molecule has 0 saturated heterocycles. The first-order valence-corrected chi connectivity index (χ1v) is 4.36. The van der Waals surface area contributed by atoms with E-state index in [1.165, 1.54) is 5.57 Å². The Labute approximate surface area is 75.1 Å². The second kappa shape index (κ2) is 4.27. The molecule has 1 aliphatic rings. The number of allylic oxidation sites excluding steroid dienone is 4. The molecule has 0 aliphatic heterocycles. The maximum atomic E-state index is 2.26. The van der Waals surface area contributed by atoms with Crippen LogP contribution in [0.25, 0.3) is 0 Å². The van der Waals surface area contributed by atoms with E-state index in [0.29, 0.717) is 5.92 Å². The summed E-state index contributed by atoms with van der Waals surface area (Å²) in [5, 5.41) is 0. The topological polar surface area (TPSA) is 3.24 Å². The van der Waals surface area contributed by atoms with E-state index >= 15 is 0 Å². The van der Waals surface area contributed by atoms with Crippen molar-refractivity contribution >= 4 is 0 Å². The molecule has 12 heavy (non-hydrogen) atoms. The molecule has 0 aromatic heterocycles. The van der Waals surface area contributed by atoms with Gasteiger partial charge in [-0.15, -0.1) is 0 Å². The number of nitrogens with zero attached hydrogens (tertiary/aromatic N) is 1. The third-order valence-corrected chi connectivity index (χ3v) is 1.90. The fourth-order valence-electron chi connectivity index (χ4n) is 1.29. The number of rotatable bonds is 2. The summed E-state index contributed by atoms with van der Waals surface area (Å²) in [6, 6.07) is 0. The molecule has 66 valence electrons. The molecule has 0 heterocycles. The lowest BCUT2D eigenvalue weighted by atomic mass is 10.1. The summed E-state index contributed by atoms with van der Waals surface area (Å²) in [6.45, 7) is 3.22. The minimum absolute atomic E-state index is 0.564. The van der Waals surface area contributed by atoms with Crippen LogP contribution >= 0.6 is 0 Å². The third kappa shape index (κ3) is 3.05. The minimum atomic E-state index is 0.564. The standard InChI is InChI=1S/C11H17N/c1-10-5-4-6-11(8-7-10)9-12(2)3/h4-8,11H,9H2,1-3H3. The lowest BCUT2D eigenvalue weighted by molar-refractivity contribution is 0.385. The summed E-state index contributed by atoms with van der Waals surface area (Å²) in [5.41, 5.74) is 1.33. The molecule has 1 atom stereocenters. The average molecular weight is 163 g/mol. The molecule has 0 amide bonds. The Morgan fingerprint density at radius 3 is 2.75 bits per heavy atom. The fourth-order valence-corrected chi connectivity index (χ4v) is 1.29. The monoisotopic (exact) mass is 163 g/mol. The highest BCUT2D eigenvalue weighted by Crippen LogP contribution is 2.10. The lowest BCUT2D eigenvalue weighted by Gasteiger charge is -2.13. The van der Waals surface area contributed by atoms with Crippen LogP contribution in [0.15, 0.2) is 36.0 Å². The van der Waals surface area contributed by atoms with Gasteiger partial charge in [-0.05, 0) is 21.0 Å². The summed E-state index contributed by atoms with van der Waals surface area (Å²) >= 11 is 0. The normalized spacial score (nSPS) is 22.7. The lowest BCUT2D eigenvalue weighted by Crippen LogP contribution is -2.18. The van der Waals surface area contributed by atoms with Gasteiger partial charge in [-0.2, -0.15) is 0 Å². The van der Waals surface area contributed by atoms with Crippen LogP contribution in [0.3, 0.4) is 0 Å². The van der Waals surface area contributed by atoms with Gasteiger partial charge in [0, 0.05) is 12.5 Å². The Kier molecular flexibility index (Phi) is 3.30. The first kappa shape index (κ1) is 9.27. The maximum absolute atomic E-state index is 2.26. The van der Waals surface area contributed by atoms with Crippen molar-refractivity contribution in [2.24, 2.45) is 5.92 Å². The van der Waals surface area contributed by atoms with Crippen molar-refractivity contribution < 1.29 is 0 Å². The highest BCUT2D eigenvalue weighted by molar-refractivity contribution is 5.27. The molecule has 0 radical (unpaired) electrons. The third-order valence-electron chi connectivity index (χ3n) is 1.90. The van der Waals surface area contributed by atoms with E-state index in [1.54, 1.807) is 0 Å². The van der Waals surface area contributed by atoms with Crippen LogP contribution in [0.5, 0.6) is 0 Å². The van der Waals surface area contributed by atoms with E-state index in [2.05, 4.69) is 56.3 Å². The van der Waals surface area contributed by atoms with E-state index in [0.717, 1.165) is 6.54 Å². The highest BCUT2D eigenvalue weighted by atomic mass is 15.1. The Balaban J connectivity index is 2.55. The van der Waals surface area contributed by atoms with Gasteiger partial charge in [0.25, 0.3) is 0 Å². The molecule has 0 aromatic rings. The zero-order valence-electron chi connectivity index (χ0n) is 8.12. The van der Waals surface area contributed by atoms with E-state index in [9.17, 15) is 0 Å². The Hall–Kier alpha value is -0.820. The van der Waals surface area contributed by atoms with Crippen molar-refractivity contribution in [3.05, 3.63) is 36.0 Å². The zero-order chi connectivity index (χ0) is 8.97. The Bertz CT molecular complexity index is 221. The van der Waals surface area contributed by atoms with E-state index in [1.807, 2.05) is 0 Å². The number of hydrogen-bond donors (Lipinski definition) is 0. The molecule has 0 bridgehead atoms. The molecule has 1 nitrogen and oxygen atoms in total. The first-order valence-electron chi connectivity index (χ1n) is 4.36. The van der Waals surface area contributed by atoms with Gasteiger partial charge in [-0.25, -0.2) is 0 Å². The predicted molar refractivity (Wildman–Crippen MR) is 54.1 cm³/mol. The molecular formula is C11H17N. The largest absolute Gasteiger partial charge is 0.309 e. The molecule has 0 N–H and O–H groups in total. The van der Waals surface area contributed by atoms with Gasteiger partial charge in [0.05, 0.1) is 0 Å². The Morgan fingerprint density at radius 1 is 1.33 bits per heavy atom. The van der Waals surface area contributed by atoms with Crippen LogP contribution in [0.4, 0.5) is 0 Å². The second-order valence-electron chi connectivity index (χ2n) is 3.58. The van der Waals surface area contributed by atoms with Crippen LogP contribution in [0.1, 0.15) is 6.92 Å². The predicted octanol–water partition coefficient (Wildman–Crippen LogP) is 2.24. The Morgan fingerprint density at radius 2 is 2.08 bits per heavy atom. The smallest absolute Gasteiger partial charge is 0.00803 e. The van der Waals surface area contributed by atoms with E-state index < -0.39 is 0 Å². The van der Waals surface area contributed by atoms with Crippen molar-refractivity contribution in [3.63, 3.8) is 0 Å². The van der Waals surface area contributed by atoms with Gasteiger partial charge in [0.15, 0.2) is 0 Å². The van der Waals surface area contributed by atoms with Crippen molar-refractivity contribution in [2.75, 3.05) is 20.6 Å². The summed E-state index contributed by atoms with van der Waals surface area (Å²) in [6.07, 6.45) is 11.0. The van der Waals surface area contributed by atoms with Crippen LogP contribution in [0.2, 0.25) is 0 Å². The molecule has 0 aromatic carbocycles.